The molecule has 5 nitrogen and oxygen atoms in total. The molecule has 108 valence electrons. The molecule has 0 spiro atoms. The average Bonchev–Trinajstić information content (AvgIpc) is 2.87. The van der Waals surface area contributed by atoms with E-state index in [0.29, 0.717) is 6.54 Å². The van der Waals surface area contributed by atoms with Gasteiger partial charge in [0.25, 0.3) is 0 Å². The van der Waals surface area contributed by atoms with Crippen molar-refractivity contribution < 1.29 is 19.1 Å². The summed E-state index contributed by atoms with van der Waals surface area (Å²) in [5, 5.41) is 0. The second kappa shape index (κ2) is 6.41. The second-order valence-corrected chi connectivity index (χ2v) is 4.97. The minimum absolute atomic E-state index is 0.0896. The maximum Gasteiger partial charge on any atom is 0.410 e. The van der Waals surface area contributed by atoms with Gasteiger partial charge in [0.05, 0.1) is 7.11 Å². The van der Waals surface area contributed by atoms with Gasteiger partial charge in [0.2, 0.25) is 0 Å². The first kappa shape index (κ1) is 14.4. The van der Waals surface area contributed by atoms with Gasteiger partial charge in [-0.15, -0.1) is 0 Å². The first-order valence-corrected chi connectivity index (χ1v) is 6.68. The summed E-state index contributed by atoms with van der Waals surface area (Å²) in [6.45, 7) is 2.67. The van der Waals surface area contributed by atoms with E-state index in [0.717, 1.165) is 12.0 Å². The number of likely N-dealkylation sites (tertiary alicyclic amines) is 1. The van der Waals surface area contributed by atoms with Gasteiger partial charge in [-0.3, -0.25) is 4.90 Å². The van der Waals surface area contributed by atoms with Gasteiger partial charge < -0.3 is 9.47 Å². The number of carbonyl (C=O) groups is 2. The number of esters is 1. The lowest BCUT2D eigenvalue weighted by Gasteiger charge is -2.24. The van der Waals surface area contributed by atoms with E-state index in [1.54, 1.807) is 0 Å². The maximum atomic E-state index is 12.1. The molecule has 5 heteroatoms. The fourth-order valence-electron chi connectivity index (χ4n) is 2.43. The van der Waals surface area contributed by atoms with Gasteiger partial charge in [0, 0.05) is 6.54 Å². The number of amides is 1. The number of methoxy groups -OCH3 is 1. The second-order valence-electron chi connectivity index (χ2n) is 4.97. The monoisotopic (exact) mass is 277 g/mol. The van der Waals surface area contributed by atoms with Crippen LogP contribution in [0, 0.1) is 5.92 Å². The van der Waals surface area contributed by atoms with E-state index in [9.17, 15) is 9.59 Å². The topological polar surface area (TPSA) is 55.8 Å². The quantitative estimate of drug-likeness (QED) is 0.795. The number of hydrogen-bond acceptors (Lipinski definition) is 4. The standard InChI is InChI=1S/C15H19NO4/c1-11-8-9-16(13(11)14(17)19-2)15(18)20-10-12-6-4-3-5-7-12/h3-7,11,13H,8-10H2,1-2H3/t11-,13-/m1/s1. The summed E-state index contributed by atoms with van der Waals surface area (Å²) in [6.07, 6.45) is 0.314. The molecule has 0 aromatic heterocycles. The van der Waals surface area contributed by atoms with Crippen LogP contribution >= 0.6 is 0 Å². The molecule has 1 aromatic rings. The van der Waals surface area contributed by atoms with E-state index >= 15 is 0 Å². The Morgan fingerprint density at radius 3 is 2.65 bits per heavy atom. The lowest BCUT2D eigenvalue weighted by Crippen LogP contribution is -2.43. The van der Waals surface area contributed by atoms with Crippen LogP contribution in [0.3, 0.4) is 0 Å². The largest absolute Gasteiger partial charge is 0.467 e. The zero-order valence-corrected chi connectivity index (χ0v) is 11.7. The van der Waals surface area contributed by atoms with Gasteiger partial charge >= 0.3 is 12.1 Å². The van der Waals surface area contributed by atoms with Crippen LogP contribution in [0.1, 0.15) is 18.9 Å². The first-order chi connectivity index (χ1) is 9.63. The number of benzene rings is 1. The van der Waals surface area contributed by atoms with E-state index in [4.69, 9.17) is 9.47 Å². The number of nitrogens with zero attached hydrogens (tertiary/aromatic N) is 1. The fraction of sp³-hybridized carbons (Fsp3) is 0.467. The SMILES string of the molecule is COC(=O)[C@H]1[C@H](C)CCN1C(=O)OCc1ccccc1. The minimum Gasteiger partial charge on any atom is -0.467 e. The first-order valence-electron chi connectivity index (χ1n) is 6.68. The number of rotatable bonds is 3. The molecule has 1 fully saturated rings. The third-order valence-electron chi connectivity index (χ3n) is 3.58. The molecule has 1 amide bonds. The summed E-state index contributed by atoms with van der Waals surface area (Å²) < 4.78 is 10.0. The zero-order valence-electron chi connectivity index (χ0n) is 11.7. The molecule has 2 atom stereocenters. The van der Waals surface area contributed by atoms with Crippen LogP contribution in [-0.2, 0) is 20.9 Å². The highest BCUT2D eigenvalue weighted by molar-refractivity contribution is 5.82. The van der Waals surface area contributed by atoms with Gasteiger partial charge in [-0.1, -0.05) is 37.3 Å². The zero-order chi connectivity index (χ0) is 14.5. The minimum atomic E-state index is -0.539. The highest BCUT2D eigenvalue weighted by Crippen LogP contribution is 2.25. The molecule has 0 bridgehead atoms. The Kier molecular flexibility index (Phi) is 4.61. The van der Waals surface area contributed by atoms with Crippen molar-refractivity contribution in [2.24, 2.45) is 5.92 Å². The average molecular weight is 277 g/mol. The molecule has 20 heavy (non-hydrogen) atoms. The third kappa shape index (κ3) is 3.10. The normalized spacial score (nSPS) is 21.6. The van der Waals surface area contributed by atoms with Gasteiger partial charge in [-0.25, -0.2) is 9.59 Å². The highest BCUT2D eigenvalue weighted by Gasteiger charge is 2.41. The molecule has 1 aliphatic heterocycles. The highest BCUT2D eigenvalue weighted by atomic mass is 16.6. The van der Waals surface area contributed by atoms with Gasteiger partial charge in [0.1, 0.15) is 12.6 Å². The summed E-state index contributed by atoms with van der Waals surface area (Å²) in [4.78, 5) is 25.3. The molecule has 1 saturated heterocycles. The lowest BCUT2D eigenvalue weighted by atomic mass is 10.0. The van der Waals surface area contributed by atoms with Crippen molar-refractivity contribution in [3.05, 3.63) is 35.9 Å². The van der Waals surface area contributed by atoms with E-state index in [-0.39, 0.29) is 18.5 Å². The van der Waals surface area contributed by atoms with Crippen molar-refractivity contribution in [2.75, 3.05) is 13.7 Å². The van der Waals surface area contributed by atoms with Crippen molar-refractivity contribution in [1.29, 1.82) is 0 Å². The molecule has 0 N–H and O–H groups in total. The third-order valence-corrected chi connectivity index (χ3v) is 3.58. The van der Waals surface area contributed by atoms with Gasteiger partial charge in [-0.2, -0.15) is 0 Å². The molecular weight excluding hydrogens is 258 g/mol. The number of ether oxygens (including phenoxy) is 2. The van der Waals surface area contributed by atoms with Crippen LogP contribution < -0.4 is 0 Å². The Morgan fingerprint density at radius 2 is 2.00 bits per heavy atom. The van der Waals surface area contributed by atoms with Crippen molar-refractivity contribution in [1.82, 2.24) is 4.90 Å². The molecule has 2 rings (SSSR count). The summed E-state index contributed by atoms with van der Waals surface area (Å²) in [6, 6.07) is 8.91. The summed E-state index contributed by atoms with van der Waals surface area (Å²) in [7, 11) is 1.33. The Labute approximate surface area is 118 Å². The maximum absolute atomic E-state index is 12.1. The molecule has 0 unspecified atom stereocenters. The molecular formula is C15H19NO4. The Hall–Kier alpha value is -2.04. The van der Waals surface area contributed by atoms with E-state index in [1.807, 2.05) is 37.3 Å². The smallest absolute Gasteiger partial charge is 0.410 e. The fourth-order valence-corrected chi connectivity index (χ4v) is 2.43. The van der Waals surface area contributed by atoms with Crippen LogP contribution in [0.2, 0.25) is 0 Å². The molecule has 1 aliphatic rings. The Bertz CT molecular complexity index is 474. The van der Waals surface area contributed by atoms with E-state index < -0.39 is 12.1 Å². The van der Waals surface area contributed by atoms with Gasteiger partial charge in [0.15, 0.2) is 0 Å². The number of hydrogen-bond donors (Lipinski definition) is 0. The molecule has 0 radical (unpaired) electrons. The van der Waals surface area contributed by atoms with Crippen LogP contribution in [-0.4, -0.2) is 36.7 Å². The number of carbonyl (C=O) groups excluding carboxylic acids is 2. The van der Waals surface area contributed by atoms with Gasteiger partial charge in [-0.05, 0) is 17.9 Å². The Balaban J connectivity index is 1.96. The van der Waals surface area contributed by atoms with Crippen molar-refractivity contribution in [3.63, 3.8) is 0 Å². The predicted octanol–water partition coefficient (Wildman–Crippen LogP) is 2.21. The van der Waals surface area contributed by atoms with Crippen molar-refractivity contribution in [2.45, 2.75) is 26.0 Å². The predicted molar refractivity (Wildman–Crippen MR) is 72.9 cm³/mol. The van der Waals surface area contributed by atoms with Crippen LogP contribution in [0.25, 0.3) is 0 Å². The van der Waals surface area contributed by atoms with Crippen LogP contribution in [0.5, 0.6) is 0 Å². The van der Waals surface area contributed by atoms with Crippen LogP contribution in [0.4, 0.5) is 4.79 Å². The summed E-state index contributed by atoms with van der Waals surface area (Å²) >= 11 is 0. The molecule has 1 heterocycles. The molecule has 0 saturated carbocycles. The van der Waals surface area contributed by atoms with Crippen molar-refractivity contribution in [3.8, 4) is 0 Å². The van der Waals surface area contributed by atoms with E-state index in [1.165, 1.54) is 12.0 Å². The van der Waals surface area contributed by atoms with E-state index in [2.05, 4.69) is 0 Å². The lowest BCUT2D eigenvalue weighted by molar-refractivity contribution is -0.146. The van der Waals surface area contributed by atoms with Crippen molar-refractivity contribution >= 4 is 12.1 Å². The summed E-state index contributed by atoms with van der Waals surface area (Å²) in [5.41, 5.74) is 0.919. The summed E-state index contributed by atoms with van der Waals surface area (Å²) in [5.74, 6) is -0.293. The molecule has 1 aromatic carbocycles. The van der Waals surface area contributed by atoms with Crippen LogP contribution in [0.15, 0.2) is 30.3 Å². The Morgan fingerprint density at radius 1 is 1.30 bits per heavy atom. The molecule has 0 aliphatic carbocycles.